The van der Waals surface area contributed by atoms with E-state index in [1.807, 2.05) is 0 Å². The quantitative estimate of drug-likeness (QED) is 0.211. The van der Waals surface area contributed by atoms with Crippen molar-refractivity contribution in [2.24, 2.45) is 0 Å². The normalized spacial score (nSPS) is 30.0. The third-order valence-electron chi connectivity index (χ3n) is 4.37. The van der Waals surface area contributed by atoms with Gasteiger partial charge in [0.2, 0.25) is 0 Å². The highest BCUT2D eigenvalue weighted by Gasteiger charge is 2.38. The molecule has 0 aromatic rings. The van der Waals surface area contributed by atoms with Crippen LogP contribution < -0.4 is 10.6 Å². The number of carbonyl (C=O) groups is 3. The van der Waals surface area contributed by atoms with Gasteiger partial charge in [0.15, 0.2) is 12.4 Å². The second-order valence-electron chi connectivity index (χ2n) is 6.34. The number of hydrogen-bond donors (Lipinski definition) is 5. The van der Waals surface area contributed by atoms with Crippen molar-refractivity contribution in [3.05, 3.63) is 0 Å². The fourth-order valence-electron chi connectivity index (χ4n) is 2.84. The highest BCUT2D eigenvalue weighted by Crippen LogP contribution is 2.14. The molecule has 6 atom stereocenters. The number of rotatable bonds is 9. The van der Waals surface area contributed by atoms with Gasteiger partial charge in [-0.1, -0.05) is 0 Å². The maximum absolute atomic E-state index is 12.2. The molecule has 2 aliphatic heterocycles. The Morgan fingerprint density at radius 2 is 1.69 bits per heavy atom. The van der Waals surface area contributed by atoms with Gasteiger partial charge in [0.05, 0.1) is 0 Å². The Kier molecular flexibility index (Phi) is 6.80. The summed E-state index contributed by atoms with van der Waals surface area (Å²) in [5.41, 5.74) is 0. The van der Waals surface area contributed by atoms with Crippen LogP contribution in [0.15, 0.2) is 0 Å². The molecule has 0 radical (unpaired) electrons. The van der Waals surface area contributed by atoms with Crippen LogP contribution in [0.25, 0.3) is 0 Å². The van der Waals surface area contributed by atoms with Gasteiger partial charge in [-0.05, 0) is 38.8 Å². The molecule has 0 aromatic heterocycles. The molecule has 5 N–H and O–H groups in total. The number of aldehydes is 1. The Balaban J connectivity index is 1.93. The molecule has 2 saturated heterocycles. The van der Waals surface area contributed by atoms with Gasteiger partial charge >= 0.3 is 11.9 Å². The van der Waals surface area contributed by atoms with E-state index in [-0.39, 0.29) is 6.29 Å². The van der Waals surface area contributed by atoms with E-state index in [2.05, 4.69) is 0 Å². The van der Waals surface area contributed by atoms with E-state index in [0.717, 1.165) is 10.6 Å². The predicted octanol–water partition coefficient (Wildman–Crippen LogP) is -2.77. The monoisotopic (exact) mass is 376 g/mol. The van der Waals surface area contributed by atoms with Crippen molar-refractivity contribution >= 4 is 18.2 Å². The maximum Gasteiger partial charge on any atom is 0.323 e. The Labute approximate surface area is 153 Å². The first-order chi connectivity index (χ1) is 13.3. The van der Waals surface area contributed by atoms with Crippen LogP contribution in [0, 0.1) is 0 Å². The SMILES string of the molecule is [2H]N1CCC[C@H]1C(=O)OC[C@@H](O)[C@@H](O)[C@H](OC(=O)[C@@H]1CCCN1[2H])[C@H](O)C=O. The number of hydrogen-bond acceptors (Lipinski definition) is 10. The Bertz CT molecular complexity index is 569. The molecule has 0 bridgehead atoms. The lowest BCUT2D eigenvalue weighted by molar-refractivity contribution is -0.179. The second-order valence-corrected chi connectivity index (χ2v) is 6.34. The first kappa shape index (κ1) is 17.8. The van der Waals surface area contributed by atoms with Crippen LogP contribution in [0.2, 0.25) is 2.82 Å². The lowest BCUT2D eigenvalue weighted by Gasteiger charge is -2.29. The molecular weight excluding hydrogens is 348 g/mol. The lowest BCUT2D eigenvalue weighted by atomic mass is 10.0. The van der Waals surface area contributed by atoms with Crippen LogP contribution in [0.1, 0.15) is 25.7 Å². The van der Waals surface area contributed by atoms with Gasteiger partial charge in [0.1, 0.15) is 39.8 Å². The summed E-state index contributed by atoms with van der Waals surface area (Å²) in [6.45, 7) is 0.108. The molecule has 10 nitrogen and oxygen atoms in total. The first-order valence-electron chi connectivity index (χ1n) is 9.53. The number of esters is 2. The third-order valence-corrected chi connectivity index (χ3v) is 4.37. The van der Waals surface area contributed by atoms with Crippen molar-refractivity contribution < 1.29 is 42.0 Å². The van der Waals surface area contributed by atoms with E-state index in [9.17, 15) is 29.7 Å². The van der Waals surface area contributed by atoms with E-state index in [0.29, 0.717) is 38.8 Å². The highest BCUT2D eigenvalue weighted by atomic mass is 16.6. The molecule has 0 aliphatic carbocycles. The molecule has 2 fully saturated rings. The Morgan fingerprint density at radius 3 is 2.19 bits per heavy atom. The number of aliphatic hydroxyl groups excluding tert-OH is 3. The van der Waals surface area contributed by atoms with Crippen LogP contribution in [0.5, 0.6) is 0 Å². The summed E-state index contributed by atoms with van der Waals surface area (Å²) < 4.78 is 25.1. The molecule has 2 heterocycles. The molecule has 10 heteroatoms. The molecule has 148 valence electrons. The van der Waals surface area contributed by atoms with Crippen LogP contribution in [0.3, 0.4) is 0 Å². The van der Waals surface area contributed by atoms with Crippen molar-refractivity contribution in [2.45, 2.75) is 62.2 Å². The number of aliphatic hydroxyl groups is 3. The Morgan fingerprint density at radius 1 is 1.12 bits per heavy atom. The fraction of sp³-hybridized carbons (Fsp3) is 0.812. The first-order valence-corrected chi connectivity index (χ1v) is 8.64. The summed E-state index contributed by atoms with van der Waals surface area (Å²) in [6.07, 6.45) is -5.25. The molecule has 0 amide bonds. The molecule has 2 rings (SSSR count). The van der Waals surface area contributed by atoms with Gasteiger partial charge in [-0.15, -0.1) is 0 Å². The summed E-state index contributed by atoms with van der Waals surface area (Å²) in [7, 11) is 0. The number of carbonyl (C=O) groups excluding carboxylic acids is 3. The van der Waals surface area contributed by atoms with Crippen molar-refractivity contribution in [1.82, 2.24) is 10.6 Å². The molecule has 0 unspecified atom stereocenters. The standard InChI is InChI=1S/C16H26N2O8/c19-7-11(20)14(26-16(24)10-4-2-6-18-10)13(22)12(21)8-25-15(23)9-3-1-5-17-9/h7,9-14,17-18,20-22H,1-6,8H2/t9-,10-,11+,12+,13+,14+/m0/s1/i/hD2. The van der Waals surface area contributed by atoms with E-state index in [1.54, 1.807) is 0 Å². The zero-order chi connectivity index (χ0) is 20.8. The lowest BCUT2D eigenvalue weighted by Crippen LogP contribution is -2.51. The number of nitrogens with one attached hydrogen (secondary N) is 2. The molecule has 0 saturated carbocycles. The summed E-state index contributed by atoms with van der Waals surface area (Å²) in [5.74, 6) is -1.64. The average Bonchev–Trinajstić information content (AvgIpc) is 3.30. The smallest absolute Gasteiger partial charge is 0.323 e. The largest absolute Gasteiger partial charge is 0.462 e. The van der Waals surface area contributed by atoms with Gasteiger partial charge in [-0.3, -0.25) is 9.59 Å². The summed E-state index contributed by atoms with van der Waals surface area (Å²) in [5, 5.41) is 32.1. The zero-order valence-corrected chi connectivity index (χ0v) is 14.3. The van der Waals surface area contributed by atoms with E-state index < -0.39 is 55.0 Å². The zero-order valence-electron chi connectivity index (χ0n) is 16.3. The van der Waals surface area contributed by atoms with Crippen molar-refractivity contribution in [2.75, 3.05) is 19.7 Å². The van der Waals surface area contributed by atoms with Gasteiger partial charge in [0.25, 0.3) is 0 Å². The molecular formula is C16H26N2O8. The van der Waals surface area contributed by atoms with E-state index >= 15 is 0 Å². The minimum absolute atomic E-state index is 0.0451. The van der Waals surface area contributed by atoms with Crippen molar-refractivity contribution in [3.63, 3.8) is 0 Å². The topological polar surface area (TPSA) is 154 Å². The van der Waals surface area contributed by atoms with Gasteiger partial charge in [0, 0.05) is 0 Å². The summed E-state index contributed by atoms with van der Waals surface area (Å²) in [6, 6.07) is -1.65. The fourth-order valence-corrected chi connectivity index (χ4v) is 2.84. The predicted molar refractivity (Wildman–Crippen MR) is 87.0 cm³/mol. The molecule has 0 spiro atoms. The molecule has 0 aromatic carbocycles. The van der Waals surface area contributed by atoms with Gasteiger partial charge in [-0.2, -0.15) is 0 Å². The second kappa shape index (κ2) is 9.93. The number of ether oxygens (including phenoxy) is 2. The van der Waals surface area contributed by atoms with Crippen LogP contribution in [0.4, 0.5) is 0 Å². The third kappa shape index (κ3) is 5.45. The van der Waals surface area contributed by atoms with Crippen LogP contribution in [-0.4, -0.2) is 89.7 Å². The van der Waals surface area contributed by atoms with Gasteiger partial charge < -0.3 is 40.2 Å². The van der Waals surface area contributed by atoms with Crippen LogP contribution in [-0.2, 0) is 23.9 Å². The van der Waals surface area contributed by atoms with Crippen molar-refractivity contribution in [1.29, 1.82) is 0 Å². The minimum Gasteiger partial charge on any atom is -0.462 e. The average molecular weight is 376 g/mol. The van der Waals surface area contributed by atoms with E-state index in [4.69, 9.17) is 12.3 Å². The van der Waals surface area contributed by atoms with Gasteiger partial charge in [-0.25, -0.2) is 0 Å². The van der Waals surface area contributed by atoms with Crippen molar-refractivity contribution in [3.8, 4) is 0 Å². The van der Waals surface area contributed by atoms with E-state index in [1.165, 1.54) is 0 Å². The minimum atomic E-state index is -1.91. The summed E-state index contributed by atoms with van der Waals surface area (Å²) >= 11 is 0. The highest BCUT2D eigenvalue weighted by molar-refractivity contribution is 5.77. The molecule has 2 aliphatic rings. The summed E-state index contributed by atoms with van der Waals surface area (Å²) in [4.78, 5) is 35.0. The molecule has 26 heavy (non-hydrogen) atoms. The Hall–Kier alpha value is -1.59. The maximum atomic E-state index is 12.2. The van der Waals surface area contributed by atoms with Crippen LogP contribution >= 0.6 is 0 Å².